The average Bonchev–Trinajstić information content (AvgIpc) is 2.86. The summed E-state index contributed by atoms with van der Waals surface area (Å²) in [5.41, 5.74) is -6.59. The maximum absolute atomic E-state index is 14.2. The van der Waals surface area contributed by atoms with Crippen molar-refractivity contribution in [1.29, 1.82) is 0 Å². The molecule has 0 saturated heterocycles. The van der Waals surface area contributed by atoms with Crippen molar-refractivity contribution in [3.63, 3.8) is 0 Å². The van der Waals surface area contributed by atoms with Crippen LogP contribution in [0.5, 0.6) is 5.75 Å². The highest BCUT2D eigenvalue weighted by Gasteiger charge is 2.76. The molecule has 0 heterocycles. The van der Waals surface area contributed by atoms with Crippen LogP contribution in [-0.4, -0.2) is 60.4 Å². The van der Waals surface area contributed by atoms with Crippen LogP contribution in [0.3, 0.4) is 0 Å². The zero-order chi connectivity index (χ0) is 30.4. The van der Waals surface area contributed by atoms with Crippen LogP contribution in [0, 0.1) is 29.6 Å². The molecule has 9 nitrogen and oxygen atoms in total. The third-order valence-electron chi connectivity index (χ3n) is 10.1. The molecule has 0 radical (unpaired) electrons. The van der Waals surface area contributed by atoms with Crippen molar-refractivity contribution in [2.24, 2.45) is 22.7 Å². The minimum atomic E-state index is -2.93. The molecule has 0 aliphatic heterocycles. The van der Waals surface area contributed by atoms with E-state index in [1.165, 1.54) is 6.92 Å². The van der Waals surface area contributed by atoms with Gasteiger partial charge in [0.05, 0.1) is 17.2 Å². The number of aromatic hydroxyl groups is 1. The number of benzene rings is 1. The summed E-state index contributed by atoms with van der Waals surface area (Å²) >= 11 is 0. The lowest BCUT2D eigenvalue weighted by molar-refractivity contribution is -0.211. The van der Waals surface area contributed by atoms with Crippen LogP contribution in [-0.2, 0) is 20.8 Å². The van der Waals surface area contributed by atoms with Crippen molar-refractivity contribution >= 4 is 23.1 Å². The minimum Gasteiger partial charge on any atom is -0.511 e. The van der Waals surface area contributed by atoms with E-state index in [9.17, 15) is 44.7 Å². The van der Waals surface area contributed by atoms with Crippen LogP contribution in [0.1, 0.15) is 87.9 Å². The van der Waals surface area contributed by atoms with E-state index in [4.69, 9.17) is 0 Å². The second kappa shape index (κ2) is 9.11. The quantitative estimate of drug-likeness (QED) is 0.341. The summed E-state index contributed by atoms with van der Waals surface area (Å²) in [5.74, 6) is -7.62. The number of fused-ring (bicyclic) bond motifs is 3. The first-order valence-electron chi connectivity index (χ1n) is 13.6. The van der Waals surface area contributed by atoms with E-state index in [1.807, 2.05) is 0 Å². The maximum Gasteiger partial charge on any atom is 0.209 e. The highest BCUT2D eigenvalue weighted by atomic mass is 16.4. The van der Waals surface area contributed by atoms with Crippen molar-refractivity contribution in [3.05, 3.63) is 51.0 Å². The molecule has 40 heavy (non-hydrogen) atoms. The summed E-state index contributed by atoms with van der Waals surface area (Å²) in [5, 5.41) is 58.7. The fourth-order valence-corrected chi connectivity index (χ4v) is 7.73. The molecule has 0 amide bonds. The smallest absolute Gasteiger partial charge is 0.209 e. The lowest BCUT2D eigenvalue weighted by atomic mass is 9.41. The lowest BCUT2D eigenvalue weighted by Gasteiger charge is -2.63. The summed E-state index contributed by atoms with van der Waals surface area (Å²) in [6, 6.07) is 1.68. The van der Waals surface area contributed by atoms with Gasteiger partial charge in [-0.05, 0) is 36.8 Å². The van der Waals surface area contributed by atoms with Crippen molar-refractivity contribution in [2.45, 2.75) is 85.9 Å². The van der Waals surface area contributed by atoms with Gasteiger partial charge in [0.25, 0.3) is 0 Å². The molecule has 9 heteroatoms. The van der Waals surface area contributed by atoms with E-state index in [0.717, 1.165) is 6.92 Å². The Labute approximate surface area is 233 Å². The number of carbonyl (C=O) groups is 4. The molecule has 0 aromatic heterocycles. The van der Waals surface area contributed by atoms with E-state index in [1.54, 1.807) is 47.6 Å². The van der Waals surface area contributed by atoms with Gasteiger partial charge in [-0.15, -0.1) is 0 Å². The minimum absolute atomic E-state index is 0.114. The predicted octanol–water partition coefficient (Wildman–Crippen LogP) is 3.71. The fourth-order valence-electron chi connectivity index (χ4n) is 7.73. The molecule has 6 atom stereocenters. The third kappa shape index (κ3) is 3.27. The monoisotopic (exact) mass is 554 g/mol. The molecule has 216 valence electrons. The molecule has 1 unspecified atom stereocenters. The molecular weight excluding hydrogens is 516 g/mol. The summed E-state index contributed by atoms with van der Waals surface area (Å²) in [6.45, 7) is 12.4. The number of carbonyl (C=O) groups excluding carboxylic acids is 4. The molecule has 0 bridgehead atoms. The Morgan fingerprint density at radius 2 is 1.68 bits per heavy atom. The Hall–Kier alpha value is -3.30. The topological polar surface area (TPSA) is 169 Å². The molecule has 3 aliphatic carbocycles. The molecule has 1 aromatic carbocycles. The number of hydrogen-bond acceptors (Lipinski definition) is 9. The van der Waals surface area contributed by atoms with Gasteiger partial charge in [-0.25, -0.2) is 0 Å². The van der Waals surface area contributed by atoms with Crippen LogP contribution in [0.4, 0.5) is 0 Å². The van der Waals surface area contributed by atoms with E-state index >= 15 is 0 Å². The van der Waals surface area contributed by atoms with Crippen LogP contribution in [0.2, 0.25) is 0 Å². The van der Waals surface area contributed by atoms with E-state index in [0.29, 0.717) is 11.1 Å². The van der Waals surface area contributed by atoms with Gasteiger partial charge in [0.15, 0.2) is 17.2 Å². The molecular formula is C31H38O9. The average molecular weight is 555 g/mol. The van der Waals surface area contributed by atoms with Crippen molar-refractivity contribution in [2.75, 3.05) is 0 Å². The van der Waals surface area contributed by atoms with Crippen LogP contribution in [0.15, 0.2) is 28.7 Å². The highest BCUT2D eigenvalue weighted by molar-refractivity contribution is 6.25. The van der Waals surface area contributed by atoms with Gasteiger partial charge < -0.3 is 25.5 Å². The van der Waals surface area contributed by atoms with Gasteiger partial charge in [0.1, 0.15) is 28.6 Å². The van der Waals surface area contributed by atoms with E-state index < -0.39 is 86.1 Å². The number of phenolic OH excluding ortho intramolecular Hbond substituents is 1. The maximum atomic E-state index is 14.2. The fraction of sp³-hybridized carbons (Fsp3) is 0.548. The van der Waals surface area contributed by atoms with Crippen molar-refractivity contribution in [1.82, 2.24) is 0 Å². The Morgan fingerprint density at radius 3 is 2.17 bits per heavy atom. The SMILES string of the molecule is CCC(=O)Cc1c(C)cc2c(c1O)C(=O)C1=C(O)[C@@]3(O)C(=O)C(C(C)=O)=C(O)C(C(C)C)[C@@]3(C)[C@H](O)[C@@]1(C)[C@@H]2C. The number of rotatable bonds is 5. The summed E-state index contributed by atoms with van der Waals surface area (Å²) in [6.07, 6.45) is -1.57. The van der Waals surface area contributed by atoms with E-state index in [2.05, 4.69) is 0 Å². The molecule has 5 N–H and O–H groups in total. The molecule has 4 rings (SSSR count). The molecule has 1 aromatic rings. The predicted molar refractivity (Wildman–Crippen MR) is 145 cm³/mol. The number of ketones is 4. The zero-order valence-corrected chi connectivity index (χ0v) is 24.2. The summed E-state index contributed by atoms with van der Waals surface area (Å²) < 4.78 is 0. The van der Waals surface area contributed by atoms with Crippen molar-refractivity contribution in [3.8, 4) is 5.75 Å². The first kappa shape index (κ1) is 29.7. The molecule has 3 aliphatic rings. The number of Topliss-reactive ketones (excluding diaryl/α,β-unsaturated/α-hetero) is 4. The Bertz CT molecular complexity index is 1450. The van der Waals surface area contributed by atoms with Crippen molar-refractivity contribution < 1.29 is 44.7 Å². The van der Waals surface area contributed by atoms with Gasteiger partial charge in [0.2, 0.25) is 5.78 Å². The third-order valence-corrected chi connectivity index (χ3v) is 10.1. The first-order valence-corrected chi connectivity index (χ1v) is 13.6. The number of hydrogen-bond donors (Lipinski definition) is 5. The second-order valence-electron chi connectivity index (χ2n) is 12.4. The first-order chi connectivity index (χ1) is 18.4. The Balaban J connectivity index is 2.13. The van der Waals surface area contributed by atoms with Crippen LogP contribution in [0.25, 0.3) is 0 Å². The standard InChI is InChI=1S/C31H38O9/c1-9-16(33)11-17-13(4)10-18-14(5)29(7)22(25(36)20(18)23(17)34)27(38)31(40)26(37)19(15(6)32)24(35)21(12(2)3)30(31,8)28(29)39/h10,12,14,21,28,34-35,38-40H,9,11H2,1-8H3/t14-,21?,28-,29+,30+,31+/m1/s1. The number of aliphatic hydroxyl groups excluding tert-OH is 3. The Morgan fingerprint density at radius 1 is 1.10 bits per heavy atom. The normalized spacial score (nSPS) is 33.6. The summed E-state index contributed by atoms with van der Waals surface area (Å²) in [4.78, 5) is 52.8. The number of phenols is 1. The van der Waals surface area contributed by atoms with Gasteiger partial charge in [0, 0.05) is 35.2 Å². The van der Waals surface area contributed by atoms with Gasteiger partial charge >= 0.3 is 0 Å². The lowest BCUT2D eigenvalue weighted by Crippen LogP contribution is -2.73. The highest BCUT2D eigenvalue weighted by Crippen LogP contribution is 2.67. The molecule has 0 saturated carbocycles. The number of aryl methyl sites for hydroxylation is 1. The zero-order valence-electron chi connectivity index (χ0n) is 24.2. The molecule has 0 spiro atoms. The van der Waals surface area contributed by atoms with Gasteiger partial charge in [-0.2, -0.15) is 0 Å². The van der Waals surface area contributed by atoms with Gasteiger partial charge in [-0.1, -0.05) is 47.6 Å². The Kier molecular flexibility index (Phi) is 6.76. The number of allylic oxidation sites excluding steroid dienone is 1. The van der Waals surface area contributed by atoms with Gasteiger partial charge in [-0.3, -0.25) is 19.2 Å². The van der Waals surface area contributed by atoms with Crippen LogP contribution < -0.4 is 0 Å². The summed E-state index contributed by atoms with van der Waals surface area (Å²) in [7, 11) is 0. The second-order valence-corrected chi connectivity index (χ2v) is 12.4. The number of aliphatic hydroxyl groups is 4. The largest absolute Gasteiger partial charge is 0.511 e. The van der Waals surface area contributed by atoms with E-state index in [-0.39, 0.29) is 29.8 Å². The van der Waals surface area contributed by atoms with Crippen LogP contribution >= 0.6 is 0 Å². The molecule has 0 fully saturated rings.